The molecule has 21 heavy (non-hydrogen) atoms. The lowest BCUT2D eigenvalue weighted by atomic mass is 10.1. The van der Waals surface area contributed by atoms with Gasteiger partial charge in [-0.3, -0.25) is 0 Å². The highest BCUT2D eigenvalue weighted by Gasteiger charge is 2.31. The van der Waals surface area contributed by atoms with Crippen LogP contribution in [0.15, 0.2) is 39.9 Å². The molecule has 112 valence electrons. The summed E-state index contributed by atoms with van der Waals surface area (Å²) in [5, 5.41) is 11.5. The SMILES string of the molecule is Cc1oc(-c2ccc(OC(F)(F)F)cc2)cc1/C(N)=N/O. The molecule has 3 N–H and O–H groups in total. The molecule has 1 aromatic heterocycles. The van der Waals surface area contributed by atoms with Gasteiger partial charge in [-0.25, -0.2) is 0 Å². The molecule has 0 radical (unpaired) electrons. The number of alkyl halides is 3. The molecular weight excluding hydrogens is 289 g/mol. The van der Waals surface area contributed by atoms with Crippen molar-refractivity contribution < 1.29 is 27.5 Å². The first-order valence-corrected chi connectivity index (χ1v) is 5.74. The molecule has 2 aromatic rings. The zero-order chi connectivity index (χ0) is 15.6. The van der Waals surface area contributed by atoms with Crippen molar-refractivity contribution in [2.75, 3.05) is 0 Å². The fourth-order valence-corrected chi connectivity index (χ4v) is 1.75. The maximum Gasteiger partial charge on any atom is 0.573 e. The van der Waals surface area contributed by atoms with Crippen molar-refractivity contribution in [1.29, 1.82) is 0 Å². The van der Waals surface area contributed by atoms with E-state index in [1.54, 1.807) is 6.92 Å². The number of ether oxygens (including phenoxy) is 1. The smallest absolute Gasteiger partial charge is 0.461 e. The van der Waals surface area contributed by atoms with Gasteiger partial charge in [0, 0.05) is 5.56 Å². The van der Waals surface area contributed by atoms with E-state index in [4.69, 9.17) is 15.4 Å². The van der Waals surface area contributed by atoms with Crippen LogP contribution in [0.3, 0.4) is 0 Å². The lowest BCUT2D eigenvalue weighted by Crippen LogP contribution is -2.16. The number of hydrogen-bond donors (Lipinski definition) is 2. The number of rotatable bonds is 3. The summed E-state index contributed by atoms with van der Waals surface area (Å²) in [5.74, 6) is 0.370. The molecule has 0 fully saturated rings. The van der Waals surface area contributed by atoms with Gasteiger partial charge in [-0.2, -0.15) is 0 Å². The van der Waals surface area contributed by atoms with E-state index in [1.807, 2.05) is 0 Å². The topological polar surface area (TPSA) is 81.0 Å². The van der Waals surface area contributed by atoms with Crippen LogP contribution in [-0.4, -0.2) is 17.4 Å². The molecule has 0 saturated heterocycles. The van der Waals surface area contributed by atoms with Gasteiger partial charge >= 0.3 is 6.36 Å². The largest absolute Gasteiger partial charge is 0.573 e. The predicted octanol–water partition coefficient (Wildman–Crippen LogP) is 3.25. The Kier molecular flexibility index (Phi) is 3.79. The second-order valence-electron chi connectivity index (χ2n) is 4.14. The summed E-state index contributed by atoms with van der Waals surface area (Å²) in [7, 11) is 0. The Morgan fingerprint density at radius 3 is 2.43 bits per heavy atom. The van der Waals surface area contributed by atoms with E-state index in [2.05, 4.69) is 9.89 Å². The van der Waals surface area contributed by atoms with E-state index in [-0.39, 0.29) is 11.6 Å². The van der Waals surface area contributed by atoms with Crippen LogP contribution < -0.4 is 10.5 Å². The van der Waals surface area contributed by atoms with Crippen molar-refractivity contribution in [1.82, 2.24) is 0 Å². The number of furan rings is 1. The average Bonchev–Trinajstić information content (AvgIpc) is 2.79. The van der Waals surface area contributed by atoms with Crippen LogP contribution in [0.2, 0.25) is 0 Å². The summed E-state index contributed by atoms with van der Waals surface area (Å²) in [6.45, 7) is 1.62. The van der Waals surface area contributed by atoms with Crippen LogP contribution in [0, 0.1) is 6.92 Å². The second kappa shape index (κ2) is 5.39. The van der Waals surface area contributed by atoms with Gasteiger partial charge in [0.05, 0.1) is 5.56 Å². The van der Waals surface area contributed by atoms with Gasteiger partial charge in [-0.1, -0.05) is 5.16 Å². The van der Waals surface area contributed by atoms with Crippen molar-refractivity contribution in [2.45, 2.75) is 13.3 Å². The van der Waals surface area contributed by atoms with Crippen LogP contribution >= 0.6 is 0 Å². The molecule has 0 bridgehead atoms. The van der Waals surface area contributed by atoms with Gasteiger partial charge < -0.3 is 20.1 Å². The minimum atomic E-state index is -4.73. The third-order valence-corrected chi connectivity index (χ3v) is 2.67. The number of halogens is 3. The third-order valence-electron chi connectivity index (χ3n) is 2.67. The Balaban J connectivity index is 2.27. The molecule has 0 aliphatic heterocycles. The number of nitrogens with two attached hydrogens (primary N) is 1. The van der Waals surface area contributed by atoms with Crippen LogP contribution in [0.5, 0.6) is 5.75 Å². The highest BCUT2D eigenvalue weighted by atomic mass is 19.4. The number of aryl methyl sites for hydroxylation is 1. The molecule has 5 nitrogen and oxygen atoms in total. The minimum absolute atomic E-state index is 0.112. The van der Waals surface area contributed by atoms with Crippen LogP contribution in [-0.2, 0) is 0 Å². The van der Waals surface area contributed by atoms with Crippen LogP contribution in [0.1, 0.15) is 11.3 Å². The minimum Gasteiger partial charge on any atom is -0.461 e. The molecule has 8 heteroatoms. The van der Waals surface area contributed by atoms with E-state index in [0.717, 1.165) is 0 Å². The highest BCUT2D eigenvalue weighted by molar-refractivity contribution is 5.98. The standard InChI is InChI=1S/C13H11F3N2O3/c1-7-10(12(17)18-19)6-11(20-7)8-2-4-9(5-3-8)21-13(14,15)16/h2-6,19H,1H3,(H2,17,18). The maximum absolute atomic E-state index is 12.1. The zero-order valence-electron chi connectivity index (χ0n) is 10.8. The van der Waals surface area contributed by atoms with Crippen molar-refractivity contribution >= 4 is 5.84 Å². The molecule has 1 aromatic carbocycles. The summed E-state index contributed by atoms with van der Waals surface area (Å²) < 4.78 is 45.4. The second-order valence-corrected chi connectivity index (χ2v) is 4.14. The Labute approximate surface area is 117 Å². The lowest BCUT2D eigenvalue weighted by Gasteiger charge is -2.08. The molecule has 2 rings (SSSR count). The molecule has 0 aliphatic carbocycles. The summed E-state index contributed by atoms with van der Waals surface area (Å²) in [6.07, 6.45) is -4.73. The van der Waals surface area contributed by atoms with Crippen molar-refractivity contribution in [2.24, 2.45) is 10.9 Å². The molecule has 0 saturated carbocycles. The van der Waals surface area contributed by atoms with Gasteiger partial charge in [0.15, 0.2) is 5.84 Å². The molecular formula is C13H11F3N2O3. The summed E-state index contributed by atoms with van der Waals surface area (Å²) in [6, 6.07) is 6.70. The normalized spacial score (nSPS) is 12.5. The molecule has 1 heterocycles. The lowest BCUT2D eigenvalue weighted by molar-refractivity contribution is -0.274. The van der Waals surface area contributed by atoms with Gasteiger partial charge in [0.1, 0.15) is 17.3 Å². The fraction of sp³-hybridized carbons (Fsp3) is 0.154. The van der Waals surface area contributed by atoms with Gasteiger partial charge in [-0.05, 0) is 37.3 Å². The molecule has 0 amide bonds. The monoisotopic (exact) mass is 300 g/mol. The first-order chi connectivity index (χ1) is 9.80. The fourth-order valence-electron chi connectivity index (χ4n) is 1.75. The van der Waals surface area contributed by atoms with E-state index in [9.17, 15) is 13.2 Å². The summed E-state index contributed by atoms with van der Waals surface area (Å²) in [4.78, 5) is 0. The Morgan fingerprint density at radius 2 is 1.90 bits per heavy atom. The predicted molar refractivity (Wildman–Crippen MR) is 68.1 cm³/mol. The Bertz CT molecular complexity index is 660. The van der Waals surface area contributed by atoms with E-state index < -0.39 is 6.36 Å². The first kappa shape index (κ1) is 14.8. The third kappa shape index (κ3) is 3.47. The number of oxime groups is 1. The molecule has 0 spiro atoms. The van der Waals surface area contributed by atoms with Crippen molar-refractivity contribution in [3.8, 4) is 17.1 Å². The number of nitrogens with zero attached hydrogens (tertiary/aromatic N) is 1. The highest BCUT2D eigenvalue weighted by Crippen LogP contribution is 2.29. The average molecular weight is 300 g/mol. The van der Waals surface area contributed by atoms with Gasteiger partial charge in [-0.15, -0.1) is 13.2 Å². The molecule has 0 atom stereocenters. The quantitative estimate of drug-likeness (QED) is 0.394. The Morgan fingerprint density at radius 1 is 1.29 bits per heavy atom. The van der Waals surface area contributed by atoms with E-state index in [0.29, 0.717) is 22.6 Å². The number of amidine groups is 1. The van der Waals surface area contributed by atoms with Crippen LogP contribution in [0.4, 0.5) is 13.2 Å². The van der Waals surface area contributed by atoms with Gasteiger partial charge in [0.25, 0.3) is 0 Å². The van der Waals surface area contributed by atoms with Crippen LogP contribution in [0.25, 0.3) is 11.3 Å². The van der Waals surface area contributed by atoms with Crippen molar-refractivity contribution in [3.05, 3.63) is 41.7 Å². The zero-order valence-corrected chi connectivity index (χ0v) is 10.8. The first-order valence-electron chi connectivity index (χ1n) is 5.74. The summed E-state index contributed by atoms with van der Waals surface area (Å²) >= 11 is 0. The maximum atomic E-state index is 12.1. The number of benzene rings is 1. The Hall–Kier alpha value is -2.64. The van der Waals surface area contributed by atoms with Crippen molar-refractivity contribution in [3.63, 3.8) is 0 Å². The summed E-state index contributed by atoms with van der Waals surface area (Å²) in [5.41, 5.74) is 6.41. The molecule has 0 unspecified atom stereocenters. The van der Waals surface area contributed by atoms with E-state index >= 15 is 0 Å². The molecule has 0 aliphatic rings. The number of hydrogen-bond acceptors (Lipinski definition) is 4. The van der Waals surface area contributed by atoms with Gasteiger partial charge in [0.2, 0.25) is 0 Å². The van der Waals surface area contributed by atoms with E-state index in [1.165, 1.54) is 30.3 Å².